The summed E-state index contributed by atoms with van der Waals surface area (Å²) in [6.07, 6.45) is -11.1. The number of benzene rings is 1. The van der Waals surface area contributed by atoms with Crippen molar-refractivity contribution < 1.29 is 85.7 Å². The van der Waals surface area contributed by atoms with Crippen LogP contribution in [0.15, 0.2) is 35.4 Å². The van der Waals surface area contributed by atoms with Crippen LogP contribution < -0.4 is 0 Å². The van der Waals surface area contributed by atoms with Crippen LogP contribution in [0, 0.1) is 35.5 Å². The number of aliphatic hydroxyl groups excluding tert-OH is 1. The third-order valence-electron chi connectivity index (χ3n) is 15.6. The van der Waals surface area contributed by atoms with Crippen LogP contribution in [-0.4, -0.2) is 190 Å². The summed E-state index contributed by atoms with van der Waals surface area (Å²) < 4.78 is 101. The fraction of sp³-hybridized carbons (Fsp3) is 0.857. The van der Waals surface area contributed by atoms with Crippen LogP contribution in [0.4, 0.5) is 0 Å². The van der Waals surface area contributed by atoms with Gasteiger partial charge in [-0.1, -0.05) is 71.8 Å². The smallest absolute Gasteiger partial charge is 0.338 e. The van der Waals surface area contributed by atoms with Gasteiger partial charge in [-0.25, -0.2) is 4.79 Å². The van der Waals surface area contributed by atoms with E-state index in [-0.39, 0.29) is 61.9 Å². The van der Waals surface area contributed by atoms with Crippen LogP contribution in [0.2, 0.25) is 0 Å². The zero-order valence-corrected chi connectivity index (χ0v) is 42.6. The monoisotopic (exact) mass is 996 g/mol. The molecular formula is C49H77N3O18. The van der Waals surface area contributed by atoms with Crippen molar-refractivity contribution in [3.8, 4) is 0 Å². The first-order valence-electron chi connectivity index (χ1n) is 24.7. The molecule has 6 heterocycles. The Morgan fingerprint density at radius 3 is 1.67 bits per heavy atom. The zero-order chi connectivity index (χ0) is 50.4. The minimum atomic E-state index is -0.898. The van der Waals surface area contributed by atoms with Crippen LogP contribution in [0.3, 0.4) is 0 Å². The van der Waals surface area contributed by atoms with E-state index in [0.717, 1.165) is 0 Å². The van der Waals surface area contributed by atoms with Gasteiger partial charge >= 0.3 is 5.97 Å². The molecule has 0 saturated carbocycles. The van der Waals surface area contributed by atoms with Crippen molar-refractivity contribution in [2.24, 2.45) is 40.6 Å². The number of azide groups is 1. The molecule has 396 valence electrons. The predicted octanol–water partition coefficient (Wildman–Crippen LogP) is 4.64. The average Bonchev–Trinajstić information content (AvgIpc) is 3.80. The number of esters is 1. The third-order valence-corrected chi connectivity index (χ3v) is 15.6. The summed E-state index contributed by atoms with van der Waals surface area (Å²) in [6.45, 7) is 14.7. The molecule has 0 aromatic heterocycles. The van der Waals surface area contributed by atoms with Crippen molar-refractivity contribution in [1.82, 2.24) is 0 Å². The van der Waals surface area contributed by atoms with Crippen molar-refractivity contribution in [2.75, 3.05) is 62.0 Å². The summed E-state index contributed by atoms with van der Waals surface area (Å²) in [6, 6.07) is 7.93. The van der Waals surface area contributed by atoms with Crippen LogP contribution >= 0.6 is 0 Å². The normalized spacial score (nSPS) is 45.2. The standard InChI is InChI=1S/C49H77N3O18/c1-13-30-38(67-45-25(4)23(2)36(53)31(63-45)21-60-44(54)29-17-15-14-16-18-29)27(6)40(57-10)48(62-30)69-37-24(3)26(5)46(64-32(37)19-55-8)68-39-28(7)41(58-11)49(66-33(39)20-56-9)70-42-34-22-61-47(65-34)35(51-52-50)43(42)59-12/h14-18,23-28,30-43,45-49,53H,13,19-22H2,1-12H3/t23-,24?,25?,26?,27+,28?,30?,31?,32+,33+,34?,35?,36+,37+,38+,39+,40?,41?,42+,43+,45+,46-,47-,48+,49+/m1/s1. The molecule has 6 fully saturated rings. The molecule has 0 spiro atoms. The van der Waals surface area contributed by atoms with Gasteiger partial charge in [0.2, 0.25) is 0 Å². The van der Waals surface area contributed by atoms with Crippen molar-refractivity contribution >= 4 is 5.97 Å². The molecule has 25 atom stereocenters. The molecule has 0 amide bonds. The maximum atomic E-state index is 12.8. The number of hydrogen-bond acceptors (Lipinski definition) is 19. The molecule has 6 saturated heterocycles. The molecule has 21 nitrogen and oxygen atoms in total. The third kappa shape index (κ3) is 11.7. The van der Waals surface area contributed by atoms with Gasteiger partial charge in [0.1, 0.15) is 55.4 Å². The molecule has 10 unspecified atom stereocenters. The topological polar surface area (TPSA) is 234 Å². The number of hydrogen-bond donors (Lipinski definition) is 1. The molecule has 6 aliphatic rings. The molecule has 21 heteroatoms. The number of carbonyl (C=O) groups excluding carboxylic acids is 1. The molecule has 1 N–H and O–H groups in total. The van der Waals surface area contributed by atoms with E-state index in [1.165, 1.54) is 7.11 Å². The highest BCUT2D eigenvalue weighted by molar-refractivity contribution is 5.89. The minimum Gasteiger partial charge on any atom is -0.459 e. The van der Waals surface area contributed by atoms with E-state index in [2.05, 4.69) is 30.8 Å². The van der Waals surface area contributed by atoms with Crippen LogP contribution in [-0.2, 0) is 75.8 Å². The molecule has 70 heavy (non-hydrogen) atoms. The Bertz CT molecular complexity index is 1830. The Morgan fingerprint density at radius 1 is 0.614 bits per heavy atom. The molecule has 2 bridgehead atoms. The second-order valence-electron chi connectivity index (χ2n) is 19.7. The molecule has 1 aromatic carbocycles. The number of rotatable bonds is 20. The molecule has 0 radical (unpaired) electrons. The maximum Gasteiger partial charge on any atom is 0.338 e. The Morgan fingerprint density at radius 2 is 1.11 bits per heavy atom. The van der Waals surface area contributed by atoms with Gasteiger partial charge in [-0.05, 0) is 35.9 Å². The van der Waals surface area contributed by atoms with Crippen molar-refractivity contribution in [2.45, 2.75) is 172 Å². The first-order chi connectivity index (χ1) is 33.7. The second-order valence-corrected chi connectivity index (χ2v) is 19.7. The van der Waals surface area contributed by atoms with E-state index >= 15 is 0 Å². The lowest BCUT2D eigenvalue weighted by molar-refractivity contribution is -0.375. The van der Waals surface area contributed by atoms with Gasteiger partial charge in [-0.2, -0.15) is 0 Å². The van der Waals surface area contributed by atoms with Crippen molar-refractivity contribution in [1.29, 1.82) is 0 Å². The van der Waals surface area contributed by atoms with Gasteiger partial charge in [-0.3, -0.25) is 0 Å². The van der Waals surface area contributed by atoms with Gasteiger partial charge < -0.3 is 80.9 Å². The van der Waals surface area contributed by atoms with Crippen LogP contribution in [0.25, 0.3) is 10.4 Å². The quantitative estimate of drug-likeness (QED) is 0.0811. The summed E-state index contributed by atoms with van der Waals surface area (Å²) in [5.74, 6) is -1.77. The first-order valence-corrected chi connectivity index (χ1v) is 24.7. The van der Waals surface area contributed by atoms with Crippen LogP contribution in [0.5, 0.6) is 0 Å². The Balaban J connectivity index is 1.01. The van der Waals surface area contributed by atoms with Gasteiger partial charge in [0.25, 0.3) is 0 Å². The number of nitrogens with zero attached hydrogens (tertiary/aromatic N) is 3. The van der Waals surface area contributed by atoms with E-state index in [1.54, 1.807) is 52.7 Å². The summed E-state index contributed by atoms with van der Waals surface area (Å²) in [5, 5.41) is 15.1. The minimum absolute atomic E-state index is 0.129. The Kier molecular flexibility index (Phi) is 19.7. The van der Waals surface area contributed by atoms with Crippen LogP contribution in [0.1, 0.15) is 65.2 Å². The highest BCUT2D eigenvalue weighted by atomic mass is 16.8. The van der Waals surface area contributed by atoms with E-state index < -0.39 is 123 Å². The fourth-order valence-electron chi connectivity index (χ4n) is 11.0. The molecule has 7 rings (SSSR count). The van der Waals surface area contributed by atoms with Gasteiger partial charge in [0.15, 0.2) is 31.5 Å². The van der Waals surface area contributed by atoms with Crippen molar-refractivity contribution in [3.05, 3.63) is 46.3 Å². The molecule has 0 aliphatic carbocycles. The lowest BCUT2D eigenvalue weighted by Crippen LogP contribution is -2.63. The molecule has 1 aromatic rings. The molecular weight excluding hydrogens is 919 g/mol. The number of ether oxygens (including phenoxy) is 16. The van der Waals surface area contributed by atoms with Gasteiger partial charge in [0, 0.05) is 64.1 Å². The fourth-order valence-corrected chi connectivity index (χ4v) is 11.0. The van der Waals surface area contributed by atoms with Gasteiger partial charge in [-0.15, -0.1) is 0 Å². The van der Waals surface area contributed by atoms with E-state index in [1.807, 2.05) is 33.8 Å². The highest BCUT2D eigenvalue weighted by Crippen LogP contribution is 2.43. The number of aliphatic hydroxyl groups is 1. The molecule has 6 aliphatic heterocycles. The summed E-state index contributed by atoms with van der Waals surface area (Å²) in [5.41, 5.74) is 9.72. The number of methoxy groups -OCH3 is 5. The summed E-state index contributed by atoms with van der Waals surface area (Å²) >= 11 is 0. The van der Waals surface area contributed by atoms with Crippen molar-refractivity contribution in [3.63, 3.8) is 0 Å². The van der Waals surface area contributed by atoms with E-state index in [0.29, 0.717) is 12.0 Å². The predicted molar refractivity (Wildman–Crippen MR) is 246 cm³/mol. The largest absolute Gasteiger partial charge is 0.459 e. The highest BCUT2D eigenvalue weighted by Gasteiger charge is 2.57. The lowest BCUT2D eigenvalue weighted by atomic mass is 9.83. The zero-order valence-electron chi connectivity index (χ0n) is 42.6. The van der Waals surface area contributed by atoms with E-state index in [4.69, 9.17) is 75.8 Å². The Hall–Kier alpha value is -2.64. The first kappa shape index (κ1) is 55.1. The van der Waals surface area contributed by atoms with Gasteiger partial charge in [0.05, 0.1) is 62.0 Å². The Labute approximate surface area is 411 Å². The number of fused-ring (bicyclic) bond motifs is 2. The average molecular weight is 996 g/mol. The summed E-state index contributed by atoms with van der Waals surface area (Å²) in [7, 11) is 7.96. The lowest BCUT2D eigenvalue weighted by Gasteiger charge is -2.52. The van der Waals surface area contributed by atoms with E-state index in [9.17, 15) is 15.4 Å². The number of carbonyl (C=O) groups is 1. The summed E-state index contributed by atoms with van der Waals surface area (Å²) in [4.78, 5) is 15.8. The maximum absolute atomic E-state index is 12.8. The SMILES string of the molecule is CCC1O[C@@H](O[C@H]2C(C)C(C)[C@@H](O[C@H]3C(C)C(OC)[C@H](O[C@H]4C5CO[C@H](O5)C(N=[N+]=[N-])[C@@H]4OC)O[C@H]3COC)O[C@H]2COC)C(OC)[C@@H](C)[C@@H]1O[C@@H]1OC(COC(=O)c2ccccc2)[C@@H](O)[C@H](C)C1C. The second kappa shape index (κ2) is 25.1.